The number of nitro groups is 1. The molecule has 0 atom stereocenters. The molecule has 0 fully saturated rings. The summed E-state index contributed by atoms with van der Waals surface area (Å²) in [6, 6.07) is 20.7. The first-order valence-electron chi connectivity index (χ1n) is 7.66. The summed E-state index contributed by atoms with van der Waals surface area (Å²) in [4.78, 5) is 14.9. The maximum Gasteiger partial charge on any atom is 0.269 e. The second-order valence-electron chi connectivity index (χ2n) is 5.49. The zero-order chi connectivity index (χ0) is 17.2. The van der Waals surface area contributed by atoms with Crippen LogP contribution in [0, 0.1) is 10.1 Å². The molecular formula is C19H14BrN3O2S. The zero-order valence-electron chi connectivity index (χ0n) is 13.5. The number of non-ortho nitro benzene ring substituents is 1. The Morgan fingerprint density at radius 3 is 2.46 bits per heavy atom. The molecule has 5 nitrogen and oxygen atoms in total. The van der Waals surface area contributed by atoms with Gasteiger partial charge in [-0.3, -0.25) is 10.1 Å². The summed E-state index contributed by atoms with van der Waals surface area (Å²) in [6.45, 7) is 0. The monoisotopic (exact) mass is 427 g/mol. The molecule has 0 saturated carbocycles. The van der Waals surface area contributed by atoms with Crippen LogP contribution in [0.25, 0.3) is 22.0 Å². The van der Waals surface area contributed by atoms with Gasteiger partial charge >= 0.3 is 0 Å². The number of fused-ring (bicyclic) bond motifs is 1. The number of thiazole rings is 1. The largest absolute Gasteiger partial charge is 0.331 e. The smallest absolute Gasteiger partial charge is 0.269 e. The van der Waals surface area contributed by atoms with Gasteiger partial charge in [0.15, 0.2) is 5.13 Å². The fourth-order valence-corrected chi connectivity index (χ4v) is 3.40. The van der Waals surface area contributed by atoms with E-state index in [0.717, 1.165) is 27.5 Å². The molecule has 1 N–H and O–H groups in total. The fourth-order valence-electron chi connectivity index (χ4n) is 2.67. The van der Waals surface area contributed by atoms with Gasteiger partial charge in [0, 0.05) is 34.1 Å². The highest BCUT2D eigenvalue weighted by Gasteiger charge is 2.09. The molecule has 130 valence electrons. The summed E-state index contributed by atoms with van der Waals surface area (Å²) >= 11 is 1.50. The average Bonchev–Trinajstić information content (AvgIpc) is 3.11. The van der Waals surface area contributed by atoms with Crippen LogP contribution in [0.1, 0.15) is 0 Å². The van der Waals surface area contributed by atoms with E-state index in [4.69, 9.17) is 0 Å². The van der Waals surface area contributed by atoms with Gasteiger partial charge in [0.2, 0.25) is 0 Å². The van der Waals surface area contributed by atoms with E-state index in [1.165, 1.54) is 28.9 Å². The van der Waals surface area contributed by atoms with Crippen LogP contribution in [0.2, 0.25) is 0 Å². The molecule has 0 bridgehead atoms. The van der Waals surface area contributed by atoms with Gasteiger partial charge in [-0.05, 0) is 23.6 Å². The lowest BCUT2D eigenvalue weighted by atomic mass is 10.1. The number of nitro benzene ring substituents is 1. The van der Waals surface area contributed by atoms with Gasteiger partial charge < -0.3 is 5.32 Å². The van der Waals surface area contributed by atoms with Crippen LogP contribution in [0.5, 0.6) is 0 Å². The van der Waals surface area contributed by atoms with E-state index < -0.39 is 4.92 Å². The Morgan fingerprint density at radius 2 is 1.69 bits per heavy atom. The molecule has 0 aliphatic carbocycles. The summed E-state index contributed by atoms with van der Waals surface area (Å²) in [5.74, 6) is 0. The molecule has 0 spiro atoms. The Labute approximate surface area is 164 Å². The first-order valence-corrected chi connectivity index (χ1v) is 8.54. The van der Waals surface area contributed by atoms with E-state index in [9.17, 15) is 10.1 Å². The van der Waals surface area contributed by atoms with Gasteiger partial charge in [-0.25, -0.2) is 4.98 Å². The highest BCUT2D eigenvalue weighted by molar-refractivity contribution is 8.93. The molecule has 1 heterocycles. The van der Waals surface area contributed by atoms with Gasteiger partial charge in [-0.1, -0.05) is 36.4 Å². The Bertz CT molecular complexity index is 1060. The predicted octanol–water partition coefficient (Wildman–Crippen LogP) is 6.19. The van der Waals surface area contributed by atoms with Crippen molar-refractivity contribution in [3.05, 3.63) is 82.2 Å². The topological polar surface area (TPSA) is 68.1 Å². The van der Waals surface area contributed by atoms with Crippen molar-refractivity contribution in [2.45, 2.75) is 0 Å². The van der Waals surface area contributed by atoms with Crippen molar-refractivity contribution in [1.29, 1.82) is 0 Å². The van der Waals surface area contributed by atoms with Crippen LogP contribution >= 0.6 is 28.3 Å². The van der Waals surface area contributed by atoms with Crippen LogP contribution < -0.4 is 5.32 Å². The number of hydrogen-bond acceptors (Lipinski definition) is 5. The van der Waals surface area contributed by atoms with E-state index >= 15 is 0 Å². The summed E-state index contributed by atoms with van der Waals surface area (Å²) in [7, 11) is 0. The molecule has 26 heavy (non-hydrogen) atoms. The Balaban J connectivity index is 0.00000196. The third-order valence-corrected chi connectivity index (χ3v) is 4.67. The standard InChI is InChI=1S/C19H13N3O2S.BrH/c23-22(24)15-10-8-14(9-11-15)18-12-25-19(21-18)20-17-7-3-5-13-4-1-2-6-16(13)17;/h1-12H,(H,20,21);1H. The third-order valence-electron chi connectivity index (χ3n) is 3.91. The molecule has 7 heteroatoms. The third kappa shape index (κ3) is 3.58. The zero-order valence-corrected chi connectivity index (χ0v) is 16.0. The lowest BCUT2D eigenvalue weighted by Crippen LogP contribution is -1.91. The minimum atomic E-state index is -0.404. The normalized spacial score (nSPS) is 10.3. The van der Waals surface area contributed by atoms with E-state index in [-0.39, 0.29) is 22.7 Å². The molecule has 0 aliphatic heterocycles. The first-order chi connectivity index (χ1) is 12.2. The number of halogens is 1. The van der Waals surface area contributed by atoms with Crippen molar-refractivity contribution in [3.8, 4) is 11.3 Å². The molecule has 0 aliphatic rings. The molecule has 0 saturated heterocycles. The van der Waals surface area contributed by atoms with Gasteiger partial charge in [0.1, 0.15) is 0 Å². The predicted molar refractivity (Wildman–Crippen MR) is 112 cm³/mol. The minimum absolute atomic E-state index is 0. The lowest BCUT2D eigenvalue weighted by Gasteiger charge is -2.06. The minimum Gasteiger partial charge on any atom is -0.331 e. The SMILES string of the molecule is Br.O=[N+]([O-])c1ccc(-c2csc(Nc3cccc4ccccc34)n2)cc1. The van der Waals surface area contributed by atoms with Crippen molar-refractivity contribution in [3.63, 3.8) is 0 Å². The van der Waals surface area contributed by atoms with Crippen molar-refractivity contribution in [2.75, 3.05) is 5.32 Å². The number of benzene rings is 3. The number of anilines is 2. The number of aromatic nitrogens is 1. The van der Waals surface area contributed by atoms with Crippen LogP contribution in [0.3, 0.4) is 0 Å². The molecule has 0 amide bonds. The van der Waals surface area contributed by atoms with Crippen molar-refractivity contribution in [2.24, 2.45) is 0 Å². The Hall–Kier alpha value is -2.77. The quantitative estimate of drug-likeness (QED) is 0.311. The number of nitrogens with zero attached hydrogens (tertiary/aromatic N) is 2. The van der Waals surface area contributed by atoms with Crippen molar-refractivity contribution >= 4 is 55.6 Å². The van der Waals surface area contributed by atoms with Crippen LogP contribution in [0.15, 0.2) is 72.1 Å². The van der Waals surface area contributed by atoms with Gasteiger partial charge in [-0.2, -0.15) is 0 Å². The number of nitrogens with one attached hydrogen (secondary N) is 1. The molecule has 4 rings (SSSR count). The molecule has 1 aromatic heterocycles. The van der Waals surface area contributed by atoms with Crippen molar-refractivity contribution < 1.29 is 4.92 Å². The summed E-state index contributed by atoms with van der Waals surface area (Å²) in [5, 5.41) is 19.1. The highest BCUT2D eigenvalue weighted by atomic mass is 79.9. The molecule has 3 aromatic carbocycles. The van der Waals surface area contributed by atoms with E-state index in [1.54, 1.807) is 12.1 Å². The average molecular weight is 428 g/mol. The van der Waals surface area contributed by atoms with Gasteiger partial charge in [-0.15, -0.1) is 28.3 Å². The second-order valence-corrected chi connectivity index (χ2v) is 6.35. The van der Waals surface area contributed by atoms with Crippen LogP contribution in [0.4, 0.5) is 16.5 Å². The Kier molecular flexibility index (Phi) is 5.29. The Morgan fingerprint density at radius 1 is 0.962 bits per heavy atom. The maximum absolute atomic E-state index is 10.7. The van der Waals surface area contributed by atoms with E-state index in [1.807, 2.05) is 29.6 Å². The van der Waals surface area contributed by atoms with E-state index in [2.05, 4.69) is 28.5 Å². The summed E-state index contributed by atoms with van der Waals surface area (Å²) in [6.07, 6.45) is 0. The fraction of sp³-hybridized carbons (Fsp3) is 0. The van der Waals surface area contributed by atoms with Crippen LogP contribution in [-0.4, -0.2) is 9.91 Å². The second kappa shape index (κ2) is 7.63. The molecule has 4 aromatic rings. The first kappa shape index (κ1) is 18.0. The van der Waals surface area contributed by atoms with E-state index in [0.29, 0.717) is 0 Å². The summed E-state index contributed by atoms with van der Waals surface area (Å²) in [5.41, 5.74) is 2.73. The number of rotatable bonds is 4. The molecule has 0 radical (unpaired) electrons. The van der Waals surface area contributed by atoms with Crippen LogP contribution in [-0.2, 0) is 0 Å². The van der Waals surface area contributed by atoms with Gasteiger partial charge in [0.05, 0.1) is 10.6 Å². The summed E-state index contributed by atoms with van der Waals surface area (Å²) < 4.78 is 0. The van der Waals surface area contributed by atoms with Gasteiger partial charge in [0.25, 0.3) is 5.69 Å². The number of hydrogen-bond donors (Lipinski definition) is 1. The highest BCUT2D eigenvalue weighted by Crippen LogP contribution is 2.31. The van der Waals surface area contributed by atoms with Crippen molar-refractivity contribution in [1.82, 2.24) is 4.98 Å². The molecule has 0 unspecified atom stereocenters. The lowest BCUT2D eigenvalue weighted by molar-refractivity contribution is -0.384. The maximum atomic E-state index is 10.7. The molecular weight excluding hydrogens is 414 g/mol.